The number of ether oxygens (including phenoxy) is 1. The van der Waals surface area contributed by atoms with Gasteiger partial charge in [0.1, 0.15) is 11.6 Å². The standard InChI is InChI=1S/C24H24N4O2/c1-17-9-12-20(13-10-17)30-15-5-8-24(29)26-23-16-18(2)27-28(23)22-14-11-19-6-3-4-7-21(19)25-22/h3-4,6-7,9-14,16H,5,8,15H2,1-2H3,(H,26,29). The zero-order chi connectivity index (χ0) is 20.9. The molecule has 0 saturated heterocycles. The lowest BCUT2D eigenvalue weighted by Crippen LogP contribution is -2.16. The number of aromatic nitrogens is 3. The smallest absolute Gasteiger partial charge is 0.225 e. The third-order valence-electron chi connectivity index (χ3n) is 4.74. The van der Waals surface area contributed by atoms with E-state index in [1.54, 1.807) is 4.68 Å². The van der Waals surface area contributed by atoms with Crippen LogP contribution in [0.4, 0.5) is 5.82 Å². The molecule has 0 atom stereocenters. The minimum Gasteiger partial charge on any atom is -0.494 e. The van der Waals surface area contributed by atoms with Gasteiger partial charge in [0.2, 0.25) is 5.91 Å². The van der Waals surface area contributed by atoms with Crippen molar-refractivity contribution in [2.45, 2.75) is 26.7 Å². The zero-order valence-electron chi connectivity index (χ0n) is 17.1. The molecule has 0 aliphatic heterocycles. The summed E-state index contributed by atoms with van der Waals surface area (Å²) in [5.74, 6) is 2.01. The van der Waals surface area contributed by atoms with Crippen molar-refractivity contribution in [3.05, 3.63) is 78.0 Å². The Labute approximate surface area is 175 Å². The number of carbonyl (C=O) groups excluding carboxylic acids is 1. The lowest BCUT2D eigenvalue weighted by Gasteiger charge is -2.10. The van der Waals surface area contributed by atoms with Crippen molar-refractivity contribution < 1.29 is 9.53 Å². The first-order chi connectivity index (χ1) is 14.6. The number of benzene rings is 2. The molecule has 4 rings (SSSR count). The molecule has 0 fully saturated rings. The molecule has 0 radical (unpaired) electrons. The monoisotopic (exact) mass is 400 g/mol. The Hall–Kier alpha value is -3.67. The maximum Gasteiger partial charge on any atom is 0.225 e. The number of fused-ring (bicyclic) bond motifs is 1. The SMILES string of the molecule is Cc1ccc(OCCCC(=O)Nc2cc(C)nn2-c2ccc3ccccc3n2)cc1. The summed E-state index contributed by atoms with van der Waals surface area (Å²) < 4.78 is 7.36. The quantitative estimate of drug-likeness (QED) is 0.451. The number of anilines is 1. The summed E-state index contributed by atoms with van der Waals surface area (Å²) in [4.78, 5) is 17.1. The molecule has 0 unspecified atom stereocenters. The topological polar surface area (TPSA) is 69.0 Å². The van der Waals surface area contributed by atoms with Gasteiger partial charge in [-0.2, -0.15) is 9.78 Å². The Balaban J connectivity index is 1.38. The van der Waals surface area contributed by atoms with E-state index in [0.29, 0.717) is 31.1 Å². The number of carbonyl (C=O) groups is 1. The fourth-order valence-corrected chi connectivity index (χ4v) is 3.20. The third kappa shape index (κ3) is 4.66. The van der Waals surface area contributed by atoms with Crippen molar-refractivity contribution in [3.8, 4) is 11.6 Å². The van der Waals surface area contributed by atoms with Crippen LogP contribution in [0.1, 0.15) is 24.1 Å². The number of nitrogens with zero attached hydrogens (tertiary/aromatic N) is 3. The highest BCUT2D eigenvalue weighted by Gasteiger charge is 2.12. The molecule has 6 nitrogen and oxygen atoms in total. The summed E-state index contributed by atoms with van der Waals surface area (Å²) in [6.45, 7) is 4.41. The van der Waals surface area contributed by atoms with Gasteiger partial charge >= 0.3 is 0 Å². The number of para-hydroxylation sites is 1. The Morgan fingerprint density at radius 1 is 1.03 bits per heavy atom. The van der Waals surface area contributed by atoms with E-state index in [1.807, 2.05) is 80.6 Å². The van der Waals surface area contributed by atoms with Crippen molar-refractivity contribution in [2.24, 2.45) is 0 Å². The van der Waals surface area contributed by atoms with Crippen LogP contribution in [0.25, 0.3) is 16.7 Å². The van der Waals surface area contributed by atoms with E-state index in [0.717, 1.165) is 22.3 Å². The van der Waals surface area contributed by atoms with Gasteiger partial charge in [-0.1, -0.05) is 35.9 Å². The second-order valence-electron chi connectivity index (χ2n) is 7.26. The predicted octanol–water partition coefficient (Wildman–Crippen LogP) is 4.84. The van der Waals surface area contributed by atoms with Crippen molar-refractivity contribution in [3.63, 3.8) is 0 Å². The van der Waals surface area contributed by atoms with Gasteiger partial charge in [-0.15, -0.1) is 0 Å². The van der Waals surface area contributed by atoms with Gasteiger partial charge in [0.05, 0.1) is 17.8 Å². The van der Waals surface area contributed by atoms with Crippen molar-refractivity contribution in [2.75, 3.05) is 11.9 Å². The highest BCUT2D eigenvalue weighted by atomic mass is 16.5. The number of hydrogen-bond donors (Lipinski definition) is 1. The van der Waals surface area contributed by atoms with E-state index in [-0.39, 0.29) is 5.91 Å². The third-order valence-corrected chi connectivity index (χ3v) is 4.74. The van der Waals surface area contributed by atoms with E-state index in [9.17, 15) is 4.79 Å². The fraction of sp³-hybridized carbons (Fsp3) is 0.208. The van der Waals surface area contributed by atoms with E-state index in [2.05, 4.69) is 15.4 Å². The summed E-state index contributed by atoms with van der Waals surface area (Å²) in [7, 11) is 0. The summed E-state index contributed by atoms with van der Waals surface area (Å²) in [6, 6.07) is 21.5. The number of rotatable bonds is 7. The first-order valence-corrected chi connectivity index (χ1v) is 10.0. The lowest BCUT2D eigenvalue weighted by molar-refractivity contribution is -0.116. The van der Waals surface area contributed by atoms with Crippen LogP contribution in [0.3, 0.4) is 0 Å². The lowest BCUT2D eigenvalue weighted by atomic mass is 10.2. The average molecular weight is 400 g/mol. The number of hydrogen-bond acceptors (Lipinski definition) is 4. The Bertz CT molecular complexity index is 1170. The molecule has 2 aromatic heterocycles. The Morgan fingerprint density at radius 3 is 2.67 bits per heavy atom. The number of nitrogens with one attached hydrogen (secondary N) is 1. The number of aryl methyl sites for hydroxylation is 2. The molecule has 0 saturated carbocycles. The van der Waals surface area contributed by atoms with Crippen LogP contribution in [0.5, 0.6) is 5.75 Å². The molecule has 30 heavy (non-hydrogen) atoms. The van der Waals surface area contributed by atoms with E-state index >= 15 is 0 Å². The molecule has 2 aromatic carbocycles. The van der Waals surface area contributed by atoms with Crippen LogP contribution in [-0.2, 0) is 4.79 Å². The predicted molar refractivity (Wildman–Crippen MR) is 118 cm³/mol. The maximum atomic E-state index is 12.4. The van der Waals surface area contributed by atoms with Crippen molar-refractivity contribution >= 4 is 22.6 Å². The molecule has 0 aliphatic rings. The molecule has 0 bridgehead atoms. The van der Waals surface area contributed by atoms with Crippen LogP contribution in [-0.4, -0.2) is 27.3 Å². The minimum atomic E-state index is -0.0792. The summed E-state index contributed by atoms with van der Waals surface area (Å²) in [5.41, 5.74) is 2.88. The van der Waals surface area contributed by atoms with E-state index < -0.39 is 0 Å². The minimum absolute atomic E-state index is 0.0792. The van der Waals surface area contributed by atoms with Gasteiger partial charge < -0.3 is 10.1 Å². The van der Waals surface area contributed by atoms with Crippen LogP contribution in [0, 0.1) is 13.8 Å². The largest absolute Gasteiger partial charge is 0.494 e. The van der Waals surface area contributed by atoms with Crippen LogP contribution >= 0.6 is 0 Å². The normalized spacial score (nSPS) is 10.9. The highest BCUT2D eigenvalue weighted by molar-refractivity contribution is 5.90. The van der Waals surface area contributed by atoms with Crippen LogP contribution < -0.4 is 10.1 Å². The molecule has 1 N–H and O–H groups in total. The second kappa shape index (κ2) is 8.78. The molecule has 152 valence electrons. The summed E-state index contributed by atoms with van der Waals surface area (Å²) in [6.07, 6.45) is 0.988. The van der Waals surface area contributed by atoms with E-state index in [1.165, 1.54) is 5.56 Å². The Morgan fingerprint density at radius 2 is 1.83 bits per heavy atom. The molecule has 6 heteroatoms. The molecule has 1 amide bonds. The molecule has 0 aliphatic carbocycles. The van der Waals surface area contributed by atoms with Crippen LogP contribution in [0.2, 0.25) is 0 Å². The van der Waals surface area contributed by atoms with Gasteiger partial charge in [0.15, 0.2) is 5.82 Å². The molecular weight excluding hydrogens is 376 g/mol. The number of amides is 1. The first-order valence-electron chi connectivity index (χ1n) is 10.0. The second-order valence-corrected chi connectivity index (χ2v) is 7.26. The summed E-state index contributed by atoms with van der Waals surface area (Å²) >= 11 is 0. The fourth-order valence-electron chi connectivity index (χ4n) is 3.20. The van der Waals surface area contributed by atoms with Crippen molar-refractivity contribution in [1.29, 1.82) is 0 Å². The first kappa shape index (κ1) is 19.6. The average Bonchev–Trinajstić information content (AvgIpc) is 3.12. The highest BCUT2D eigenvalue weighted by Crippen LogP contribution is 2.19. The van der Waals surface area contributed by atoms with Gasteiger partial charge in [0.25, 0.3) is 0 Å². The van der Waals surface area contributed by atoms with Gasteiger partial charge in [0, 0.05) is 17.9 Å². The summed E-state index contributed by atoms with van der Waals surface area (Å²) in [5, 5.41) is 8.51. The molecule has 2 heterocycles. The van der Waals surface area contributed by atoms with Gasteiger partial charge in [-0.25, -0.2) is 4.98 Å². The zero-order valence-corrected chi connectivity index (χ0v) is 17.1. The molecule has 0 spiro atoms. The Kier molecular flexibility index (Phi) is 5.75. The van der Waals surface area contributed by atoms with Gasteiger partial charge in [-0.05, 0) is 50.6 Å². The van der Waals surface area contributed by atoms with E-state index in [4.69, 9.17) is 4.74 Å². The molecular formula is C24H24N4O2. The van der Waals surface area contributed by atoms with Crippen LogP contribution in [0.15, 0.2) is 66.7 Å². The van der Waals surface area contributed by atoms with Gasteiger partial charge in [-0.3, -0.25) is 4.79 Å². The van der Waals surface area contributed by atoms with Crippen molar-refractivity contribution in [1.82, 2.24) is 14.8 Å². The molecule has 4 aromatic rings. The maximum absolute atomic E-state index is 12.4. The number of pyridine rings is 1.